The van der Waals surface area contributed by atoms with Crippen LogP contribution in [0.1, 0.15) is 31.4 Å². The lowest BCUT2D eigenvalue weighted by Gasteiger charge is -2.24. The van der Waals surface area contributed by atoms with Crippen molar-refractivity contribution in [2.45, 2.75) is 25.8 Å². The lowest BCUT2D eigenvalue weighted by atomic mass is 10.0. The van der Waals surface area contributed by atoms with Gasteiger partial charge in [0.05, 0.1) is 20.3 Å². The van der Waals surface area contributed by atoms with Gasteiger partial charge in [0.1, 0.15) is 0 Å². The van der Waals surface area contributed by atoms with E-state index in [1.807, 2.05) is 6.07 Å². The maximum atomic E-state index is 5.24. The zero-order valence-corrected chi connectivity index (χ0v) is 14.0. The second-order valence-electron chi connectivity index (χ2n) is 5.82. The second-order valence-corrected chi connectivity index (χ2v) is 5.82. The number of hydrogen-bond acceptors (Lipinski definition) is 5. The summed E-state index contributed by atoms with van der Waals surface area (Å²) >= 11 is 0. The van der Waals surface area contributed by atoms with E-state index in [9.17, 15) is 0 Å². The second kappa shape index (κ2) is 6.96. The van der Waals surface area contributed by atoms with Gasteiger partial charge in [0.2, 0.25) is 11.8 Å². The summed E-state index contributed by atoms with van der Waals surface area (Å²) in [6.45, 7) is 4.61. The first kappa shape index (κ1) is 15.7. The predicted molar refractivity (Wildman–Crippen MR) is 89.8 cm³/mol. The number of aromatic nitrogens is 2. The molecule has 2 heterocycles. The first-order valence-electron chi connectivity index (χ1n) is 8.02. The van der Waals surface area contributed by atoms with Crippen LogP contribution in [0.2, 0.25) is 0 Å². The quantitative estimate of drug-likeness (QED) is 0.847. The molecule has 0 N–H and O–H groups in total. The van der Waals surface area contributed by atoms with Crippen LogP contribution in [0.15, 0.2) is 30.3 Å². The van der Waals surface area contributed by atoms with E-state index in [0.29, 0.717) is 23.6 Å². The highest BCUT2D eigenvalue weighted by Gasteiger charge is 2.20. The Hall–Kier alpha value is -2.14. The molecule has 0 aliphatic carbocycles. The average molecular weight is 313 g/mol. The van der Waals surface area contributed by atoms with Crippen molar-refractivity contribution < 1.29 is 9.47 Å². The van der Waals surface area contributed by atoms with E-state index in [1.54, 1.807) is 20.3 Å². The molecule has 1 fully saturated rings. The van der Waals surface area contributed by atoms with Crippen molar-refractivity contribution in [3.05, 3.63) is 35.9 Å². The van der Waals surface area contributed by atoms with Gasteiger partial charge >= 0.3 is 0 Å². The molecule has 2 aromatic rings. The zero-order valence-electron chi connectivity index (χ0n) is 14.0. The number of nitrogens with zero attached hydrogens (tertiary/aromatic N) is 3. The van der Waals surface area contributed by atoms with E-state index in [0.717, 1.165) is 5.56 Å². The molecule has 3 rings (SSSR count). The first-order valence-corrected chi connectivity index (χ1v) is 8.02. The number of likely N-dealkylation sites (tertiary alicyclic amines) is 1. The Labute approximate surface area is 137 Å². The standard InChI is InChI=1S/C18H23N3O2/c1-13(21-9-4-5-10-21)14-7-6-8-15(11-14)18-19-16(22-2)12-17(20-18)23-3/h6-8,11-13H,4-5,9-10H2,1-3H3/t13-/m0/s1. The fraction of sp³-hybridized carbons (Fsp3) is 0.444. The molecule has 1 atom stereocenters. The van der Waals surface area contributed by atoms with Gasteiger partial charge in [0, 0.05) is 11.6 Å². The van der Waals surface area contributed by atoms with Crippen molar-refractivity contribution in [3.8, 4) is 23.1 Å². The molecule has 1 aliphatic heterocycles. The van der Waals surface area contributed by atoms with E-state index in [-0.39, 0.29) is 0 Å². The molecule has 1 aromatic carbocycles. The largest absolute Gasteiger partial charge is 0.481 e. The Bertz CT molecular complexity index is 647. The summed E-state index contributed by atoms with van der Waals surface area (Å²) < 4.78 is 10.5. The Kier molecular flexibility index (Phi) is 4.76. The summed E-state index contributed by atoms with van der Waals surface area (Å²) in [5.74, 6) is 1.63. The molecular weight excluding hydrogens is 290 g/mol. The molecule has 0 radical (unpaired) electrons. The summed E-state index contributed by atoms with van der Waals surface area (Å²) in [6, 6.07) is 10.5. The highest BCUT2D eigenvalue weighted by molar-refractivity contribution is 5.57. The Morgan fingerprint density at radius 2 is 1.65 bits per heavy atom. The van der Waals surface area contributed by atoms with Gasteiger partial charge in [0.15, 0.2) is 5.82 Å². The molecule has 0 bridgehead atoms. The molecule has 23 heavy (non-hydrogen) atoms. The third-order valence-electron chi connectivity index (χ3n) is 4.41. The van der Waals surface area contributed by atoms with Gasteiger partial charge in [-0.3, -0.25) is 4.90 Å². The fourth-order valence-electron chi connectivity index (χ4n) is 3.02. The summed E-state index contributed by atoms with van der Waals surface area (Å²) in [7, 11) is 3.19. The van der Waals surface area contributed by atoms with Crippen LogP contribution >= 0.6 is 0 Å². The van der Waals surface area contributed by atoms with E-state index in [4.69, 9.17) is 9.47 Å². The summed E-state index contributed by atoms with van der Waals surface area (Å²) in [5.41, 5.74) is 2.26. The van der Waals surface area contributed by atoms with Crippen LogP contribution in [0.3, 0.4) is 0 Å². The smallest absolute Gasteiger partial charge is 0.220 e. The van der Waals surface area contributed by atoms with Crippen LogP contribution in [0.4, 0.5) is 0 Å². The molecule has 5 heteroatoms. The minimum Gasteiger partial charge on any atom is -0.481 e. The number of benzene rings is 1. The normalized spacial score (nSPS) is 16.3. The van der Waals surface area contributed by atoms with E-state index in [2.05, 4.69) is 40.0 Å². The van der Waals surface area contributed by atoms with Gasteiger partial charge in [-0.15, -0.1) is 0 Å². The molecule has 1 aliphatic rings. The summed E-state index contributed by atoms with van der Waals surface area (Å²) in [6.07, 6.45) is 2.58. The van der Waals surface area contributed by atoms with E-state index in [1.165, 1.54) is 31.5 Å². The number of methoxy groups -OCH3 is 2. The lowest BCUT2D eigenvalue weighted by molar-refractivity contribution is 0.263. The van der Waals surface area contributed by atoms with Crippen molar-refractivity contribution >= 4 is 0 Å². The molecule has 0 amide bonds. The Balaban J connectivity index is 1.93. The molecule has 1 saturated heterocycles. The van der Waals surface area contributed by atoms with Gasteiger partial charge in [-0.1, -0.05) is 18.2 Å². The number of hydrogen-bond donors (Lipinski definition) is 0. The molecule has 5 nitrogen and oxygen atoms in total. The fourth-order valence-corrected chi connectivity index (χ4v) is 3.02. The molecule has 0 saturated carbocycles. The van der Waals surface area contributed by atoms with Gasteiger partial charge in [-0.05, 0) is 44.5 Å². The minimum absolute atomic E-state index is 0.407. The average Bonchev–Trinajstić information content (AvgIpc) is 3.15. The molecule has 0 spiro atoms. The van der Waals surface area contributed by atoms with Crippen LogP contribution in [0.5, 0.6) is 11.8 Å². The van der Waals surface area contributed by atoms with Gasteiger partial charge in [0.25, 0.3) is 0 Å². The molecule has 0 unspecified atom stereocenters. The van der Waals surface area contributed by atoms with Crippen LogP contribution in [0.25, 0.3) is 11.4 Å². The summed E-state index contributed by atoms with van der Waals surface area (Å²) in [4.78, 5) is 11.4. The molecular formula is C18H23N3O2. The van der Waals surface area contributed by atoms with Crippen LogP contribution < -0.4 is 9.47 Å². The Morgan fingerprint density at radius 1 is 1.00 bits per heavy atom. The monoisotopic (exact) mass is 313 g/mol. The van der Waals surface area contributed by atoms with Gasteiger partial charge in [-0.25, -0.2) is 0 Å². The summed E-state index contributed by atoms with van der Waals surface area (Å²) in [5, 5.41) is 0. The third kappa shape index (κ3) is 3.45. The van der Waals surface area contributed by atoms with E-state index < -0.39 is 0 Å². The van der Waals surface area contributed by atoms with Crippen molar-refractivity contribution in [2.24, 2.45) is 0 Å². The topological polar surface area (TPSA) is 47.5 Å². The maximum Gasteiger partial charge on any atom is 0.220 e. The SMILES string of the molecule is COc1cc(OC)nc(-c2cccc([C@H](C)N3CCCC3)c2)n1. The lowest BCUT2D eigenvalue weighted by Crippen LogP contribution is -2.23. The number of rotatable bonds is 5. The van der Waals surface area contributed by atoms with Crippen molar-refractivity contribution in [3.63, 3.8) is 0 Å². The molecule has 1 aromatic heterocycles. The predicted octanol–water partition coefficient (Wildman–Crippen LogP) is 3.32. The highest BCUT2D eigenvalue weighted by atomic mass is 16.5. The number of ether oxygens (including phenoxy) is 2. The Morgan fingerprint density at radius 3 is 2.26 bits per heavy atom. The van der Waals surface area contributed by atoms with Gasteiger partial charge in [-0.2, -0.15) is 9.97 Å². The maximum absolute atomic E-state index is 5.24. The van der Waals surface area contributed by atoms with Crippen LogP contribution in [-0.2, 0) is 0 Å². The highest BCUT2D eigenvalue weighted by Crippen LogP contribution is 2.28. The van der Waals surface area contributed by atoms with Crippen molar-refractivity contribution in [1.82, 2.24) is 14.9 Å². The first-order chi connectivity index (χ1) is 11.2. The minimum atomic E-state index is 0.407. The zero-order chi connectivity index (χ0) is 16.2. The van der Waals surface area contributed by atoms with Crippen LogP contribution in [0, 0.1) is 0 Å². The third-order valence-corrected chi connectivity index (χ3v) is 4.41. The van der Waals surface area contributed by atoms with Crippen molar-refractivity contribution in [2.75, 3.05) is 27.3 Å². The van der Waals surface area contributed by atoms with Gasteiger partial charge < -0.3 is 9.47 Å². The van der Waals surface area contributed by atoms with E-state index >= 15 is 0 Å². The molecule has 122 valence electrons. The van der Waals surface area contributed by atoms with Crippen molar-refractivity contribution in [1.29, 1.82) is 0 Å². The van der Waals surface area contributed by atoms with Crippen LogP contribution in [-0.4, -0.2) is 42.2 Å².